The molecule has 2 aromatic carbocycles. The van der Waals surface area contributed by atoms with Crippen LogP contribution in [0.15, 0.2) is 42.5 Å². The molecule has 9 heteroatoms. The fourth-order valence-corrected chi connectivity index (χ4v) is 2.70. The molecule has 0 aliphatic rings. The third kappa shape index (κ3) is 3.40. The van der Waals surface area contributed by atoms with Crippen LogP contribution in [0.5, 0.6) is 0 Å². The maximum Gasteiger partial charge on any atom is 0.278 e. The number of aryl methyl sites for hydroxylation is 1. The maximum absolute atomic E-state index is 12.5. The Kier molecular flexibility index (Phi) is 4.68. The minimum atomic E-state index is -0.493. The molecular weight excluding hydrogens is 358 g/mol. The van der Waals surface area contributed by atoms with Crippen molar-refractivity contribution in [3.05, 3.63) is 74.6 Å². The van der Waals surface area contributed by atoms with Crippen molar-refractivity contribution >= 4 is 28.9 Å². The first-order valence-electron chi connectivity index (χ1n) is 7.61. The predicted octanol–water partition coefficient (Wildman–Crippen LogP) is 3.70. The summed E-state index contributed by atoms with van der Waals surface area (Å²) in [6.07, 6.45) is 0. The first-order valence-corrected chi connectivity index (χ1v) is 7.99. The average molecular weight is 372 g/mol. The van der Waals surface area contributed by atoms with Crippen molar-refractivity contribution in [1.82, 2.24) is 15.0 Å². The van der Waals surface area contributed by atoms with Crippen molar-refractivity contribution in [1.29, 1.82) is 0 Å². The summed E-state index contributed by atoms with van der Waals surface area (Å²) >= 11 is 5.92. The molecule has 0 unspecified atom stereocenters. The number of aromatic nitrogens is 3. The summed E-state index contributed by atoms with van der Waals surface area (Å²) in [7, 11) is 0. The number of non-ortho nitro benzene ring substituents is 1. The molecule has 1 amide bonds. The molecule has 132 valence electrons. The number of halogens is 1. The average Bonchev–Trinajstić information content (AvgIpc) is 2.99. The lowest BCUT2D eigenvalue weighted by Crippen LogP contribution is -2.15. The van der Waals surface area contributed by atoms with E-state index in [1.807, 2.05) is 6.92 Å². The van der Waals surface area contributed by atoms with Gasteiger partial charge in [-0.2, -0.15) is 0 Å². The van der Waals surface area contributed by atoms with E-state index in [9.17, 15) is 14.9 Å². The Bertz CT molecular complexity index is 1020. The summed E-state index contributed by atoms with van der Waals surface area (Å²) < 4.78 is 1.39. The highest BCUT2D eigenvalue weighted by molar-refractivity contribution is 6.30. The van der Waals surface area contributed by atoms with Crippen molar-refractivity contribution in [3.63, 3.8) is 0 Å². The topological polar surface area (TPSA) is 103 Å². The number of anilines is 1. The molecule has 0 saturated carbocycles. The molecule has 0 aliphatic heterocycles. The summed E-state index contributed by atoms with van der Waals surface area (Å²) in [6, 6.07) is 11.1. The fraction of sp³-hybridized carbons (Fsp3) is 0.118. The van der Waals surface area contributed by atoms with Gasteiger partial charge in [-0.1, -0.05) is 22.9 Å². The third-order valence-corrected chi connectivity index (χ3v) is 4.07. The summed E-state index contributed by atoms with van der Waals surface area (Å²) in [5.41, 5.74) is 2.41. The Hall–Kier alpha value is -3.26. The van der Waals surface area contributed by atoms with E-state index in [0.29, 0.717) is 22.1 Å². The molecule has 3 aromatic rings. The van der Waals surface area contributed by atoms with E-state index in [0.717, 1.165) is 5.56 Å². The van der Waals surface area contributed by atoms with Crippen LogP contribution in [0, 0.1) is 24.0 Å². The molecule has 26 heavy (non-hydrogen) atoms. The van der Waals surface area contributed by atoms with Crippen LogP contribution in [-0.4, -0.2) is 25.8 Å². The second kappa shape index (κ2) is 6.93. The van der Waals surface area contributed by atoms with Gasteiger partial charge in [0, 0.05) is 22.8 Å². The van der Waals surface area contributed by atoms with Crippen LogP contribution >= 0.6 is 11.6 Å². The van der Waals surface area contributed by atoms with E-state index in [1.165, 1.54) is 16.8 Å². The number of nitrogens with zero attached hydrogens (tertiary/aromatic N) is 4. The van der Waals surface area contributed by atoms with Gasteiger partial charge in [0.1, 0.15) is 0 Å². The van der Waals surface area contributed by atoms with E-state index in [2.05, 4.69) is 15.6 Å². The number of rotatable bonds is 4. The van der Waals surface area contributed by atoms with Gasteiger partial charge in [0.05, 0.1) is 16.3 Å². The Balaban J connectivity index is 1.90. The highest BCUT2D eigenvalue weighted by atomic mass is 35.5. The van der Waals surface area contributed by atoms with Crippen LogP contribution in [0.25, 0.3) is 5.69 Å². The number of carbonyl (C=O) groups is 1. The van der Waals surface area contributed by atoms with Gasteiger partial charge in [0.2, 0.25) is 0 Å². The molecule has 0 bridgehead atoms. The molecule has 0 radical (unpaired) electrons. The molecule has 1 heterocycles. The van der Waals surface area contributed by atoms with Crippen LogP contribution in [0.2, 0.25) is 5.02 Å². The molecule has 0 fully saturated rings. The number of benzene rings is 2. The normalized spacial score (nSPS) is 10.6. The lowest BCUT2D eigenvalue weighted by Gasteiger charge is -2.08. The van der Waals surface area contributed by atoms with E-state index in [4.69, 9.17) is 11.6 Å². The summed E-state index contributed by atoms with van der Waals surface area (Å²) in [4.78, 5) is 23.0. The number of nitrogens with one attached hydrogen (secondary N) is 1. The first-order chi connectivity index (χ1) is 12.4. The van der Waals surface area contributed by atoms with Crippen LogP contribution in [0.4, 0.5) is 11.4 Å². The van der Waals surface area contributed by atoms with E-state index in [1.54, 1.807) is 37.3 Å². The second-order valence-corrected chi connectivity index (χ2v) is 6.06. The van der Waals surface area contributed by atoms with Gasteiger partial charge in [0.15, 0.2) is 5.69 Å². The maximum atomic E-state index is 12.5. The van der Waals surface area contributed by atoms with Crippen LogP contribution in [0.3, 0.4) is 0 Å². The van der Waals surface area contributed by atoms with Gasteiger partial charge in [0.25, 0.3) is 11.6 Å². The quantitative estimate of drug-likeness (QED) is 0.556. The Morgan fingerprint density at radius 3 is 2.69 bits per heavy atom. The van der Waals surface area contributed by atoms with Crippen LogP contribution < -0.4 is 5.32 Å². The van der Waals surface area contributed by atoms with Crippen LogP contribution in [0.1, 0.15) is 21.7 Å². The van der Waals surface area contributed by atoms with Gasteiger partial charge in [-0.25, -0.2) is 4.68 Å². The summed E-state index contributed by atoms with van der Waals surface area (Å²) in [5.74, 6) is -0.426. The van der Waals surface area contributed by atoms with E-state index < -0.39 is 10.8 Å². The zero-order valence-corrected chi connectivity index (χ0v) is 14.7. The Labute approximate surface area is 153 Å². The van der Waals surface area contributed by atoms with Gasteiger partial charge >= 0.3 is 0 Å². The highest BCUT2D eigenvalue weighted by Gasteiger charge is 2.19. The molecule has 0 saturated heterocycles. The van der Waals surface area contributed by atoms with Gasteiger partial charge in [-0.05, 0) is 43.7 Å². The van der Waals surface area contributed by atoms with Gasteiger partial charge < -0.3 is 5.32 Å². The van der Waals surface area contributed by atoms with Crippen molar-refractivity contribution in [3.8, 4) is 5.69 Å². The number of nitro groups is 1. The smallest absolute Gasteiger partial charge is 0.278 e. The minimum absolute atomic E-state index is 0.0693. The van der Waals surface area contributed by atoms with Gasteiger partial charge in [-0.15, -0.1) is 5.10 Å². The minimum Gasteiger partial charge on any atom is -0.320 e. The molecule has 3 rings (SSSR count). The standard InChI is InChI=1S/C17H14ClN5O3/c1-10-8-12(18)6-7-15(10)19-17(24)16-11(2)22(21-20-16)13-4-3-5-14(9-13)23(25)26/h3-9H,1-2H3,(H,19,24). The SMILES string of the molecule is Cc1cc(Cl)ccc1NC(=O)c1nnn(-c2cccc([N+](=O)[O-])c2)c1C. The Morgan fingerprint density at radius 1 is 1.23 bits per heavy atom. The molecule has 0 atom stereocenters. The number of hydrogen-bond donors (Lipinski definition) is 1. The summed E-state index contributed by atoms with van der Waals surface area (Å²) in [5, 5.41) is 22.1. The lowest BCUT2D eigenvalue weighted by atomic mass is 10.2. The molecule has 1 N–H and O–H groups in total. The van der Waals surface area contributed by atoms with Crippen molar-refractivity contribution in [2.75, 3.05) is 5.32 Å². The zero-order chi connectivity index (χ0) is 18.8. The first kappa shape index (κ1) is 17.6. The fourth-order valence-electron chi connectivity index (χ4n) is 2.47. The number of amides is 1. The monoisotopic (exact) mass is 371 g/mol. The zero-order valence-electron chi connectivity index (χ0n) is 13.9. The molecular formula is C17H14ClN5O3. The number of hydrogen-bond acceptors (Lipinski definition) is 5. The summed E-state index contributed by atoms with van der Waals surface area (Å²) in [6.45, 7) is 3.50. The third-order valence-electron chi connectivity index (χ3n) is 3.83. The Morgan fingerprint density at radius 2 is 2.00 bits per heavy atom. The van der Waals surface area contributed by atoms with Crippen LogP contribution in [-0.2, 0) is 0 Å². The van der Waals surface area contributed by atoms with Crippen molar-refractivity contribution in [2.45, 2.75) is 13.8 Å². The van der Waals surface area contributed by atoms with E-state index >= 15 is 0 Å². The molecule has 8 nitrogen and oxygen atoms in total. The largest absolute Gasteiger partial charge is 0.320 e. The number of nitro benzene ring substituents is 1. The lowest BCUT2D eigenvalue weighted by molar-refractivity contribution is -0.384. The number of carbonyl (C=O) groups excluding carboxylic acids is 1. The van der Waals surface area contributed by atoms with Gasteiger partial charge in [-0.3, -0.25) is 14.9 Å². The predicted molar refractivity (Wildman–Crippen MR) is 96.9 cm³/mol. The van der Waals surface area contributed by atoms with E-state index in [-0.39, 0.29) is 11.4 Å². The second-order valence-electron chi connectivity index (χ2n) is 5.63. The molecule has 0 spiro atoms. The molecule has 0 aliphatic carbocycles. The van der Waals surface area contributed by atoms with Crippen molar-refractivity contribution < 1.29 is 9.72 Å². The highest BCUT2D eigenvalue weighted by Crippen LogP contribution is 2.22. The van der Waals surface area contributed by atoms with Crippen molar-refractivity contribution in [2.24, 2.45) is 0 Å². The molecule has 1 aromatic heterocycles.